The number of benzene rings is 2. The van der Waals surface area contributed by atoms with Crippen LogP contribution in [0.25, 0.3) is 0 Å². The van der Waals surface area contributed by atoms with E-state index in [1.807, 2.05) is 48.5 Å². The van der Waals surface area contributed by atoms with E-state index in [9.17, 15) is 4.79 Å². The van der Waals surface area contributed by atoms with Crippen LogP contribution in [0.2, 0.25) is 0 Å². The Morgan fingerprint density at radius 2 is 1.60 bits per heavy atom. The van der Waals surface area contributed by atoms with Crippen LogP contribution in [-0.2, 0) is 0 Å². The number of fused-ring (bicyclic) bond motifs is 4. The summed E-state index contributed by atoms with van der Waals surface area (Å²) in [7, 11) is 4.70. The summed E-state index contributed by atoms with van der Waals surface area (Å²) in [6.07, 6.45) is 1.70. The Bertz CT molecular complexity index is 1180. The first kappa shape index (κ1) is 18.2. The van der Waals surface area contributed by atoms with Crippen molar-refractivity contribution in [2.75, 3.05) is 21.3 Å². The van der Waals surface area contributed by atoms with E-state index in [0.717, 1.165) is 16.7 Å². The van der Waals surface area contributed by atoms with Gasteiger partial charge in [0.1, 0.15) is 5.84 Å². The summed E-state index contributed by atoms with van der Waals surface area (Å²) < 4.78 is 16.5. The van der Waals surface area contributed by atoms with Gasteiger partial charge in [0, 0.05) is 17.3 Å². The van der Waals surface area contributed by atoms with E-state index in [2.05, 4.69) is 4.98 Å². The molecule has 0 aliphatic carbocycles. The molecule has 1 atom stereocenters. The normalized spacial score (nSPS) is 16.4. The third kappa shape index (κ3) is 2.48. The standard InChI is InChI=1S/C23H19N3O4/c1-28-17-11-13(12-18(29-2)20(17)30-3)19-16-9-6-10-24-21(16)25-22-14-7-4-5-8-15(14)23(27)26(19)22/h4-12,19H,1-3H3. The molecule has 3 aromatic rings. The van der Waals surface area contributed by atoms with Crippen molar-refractivity contribution in [3.8, 4) is 17.2 Å². The second kappa shape index (κ2) is 6.88. The SMILES string of the molecule is COc1cc(C2c3cccnc3N=C3c4ccccc4C(=O)N32)cc(OC)c1OC. The maximum atomic E-state index is 13.4. The Labute approximate surface area is 173 Å². The fourth-order valence-electron chi connectivity index (χ4n) is 4.12. The summed E-state index contributed by atoms with van der Waals surface area (Å²) in [5.41, 5.74) is 3.07. The zero-order valence-corrected chi connectivity index (χ0v) is 16.7. The van der Waals surface area contributed by atoms with Crippen molar-refractivity contribution in [3.63, 3.8) is 0 Å². The summed E-state index contributed by atoms with van der Waals surface area (Å²) in [4.78, 5) is 24.3. The van der Waals surface area contributed by atoms with Gasteiger partial charge in [0.25, 0.3) is 5.91 Å². The summed E-state index contributed by atoms with van der Waals surface area (Å²) in [6.45, 7) is 0. The first-order chi connectivity index (χ1) is 14.7. The Balaban J connectivity index is 1.77. The molecule has 2 aromatic carbocycles. The van der Waals surface area contributed by atoms with E-state index in [-0.39, 0.29) is 5.91 Å². The number of pyridine rings is 1. The summed E-state index contributed by atoms with van der Waals surface area (Å²) >= 11 is 0. The van der Waals surface area contributed by atoms with Crippen molar-refractivity contribution in [2.24, 2.45) is 4.99 Å². The van der Waals surface area contributed by atoms with Crippen LogP contribution in [0.1, 0.15) is 33.1 Å². The Kier molecular flexibility index (Phi) is 4.17. The number of hydrogen-bond acceptors (Lipinski definition) is 6. The van der Waals surface area contributed by atoms with Gasteiger partial charge in [-0.2, -0.15) is 0 Å². The number of carbonyl (C=O) groups is 1. The summed E-state index contributed by atoms with van der Waals surface area (Å²) in [5, 5.41) is 0. The van der Waals surface area contributed by atoms with Crippen molar-refractivity contribution >= 4 is 17.6 Å². The zero-order chi connectivity index (χ0) is 20.8. The quantitative estimate of drug-likeness (QED) is 0.666. The molecule has 0 fully saturated rings. The Hall–Kier alpha value is -3.87. The molecular formula is C23H19N3O4. The van der Waals surface area contributed by atoms with E-state index >= 15 is 0 Å². The number of carbonyl (C=O) groups excluding carboxylic acids is 1. The lowest BCUT2D eigenvalue weighted by molar-refractivity contribution is 0.0830. The highest BCUT2D eigenvalue weighted by Gasteiger charge is 2.43. The molecular weight excluding hydrogens is 382 g/mol. The van der Waals surface area contributed by atoms with Crippen LogP contribution in [0.15, 0.2) is 59.7 Å². The highest BCUT2D eigenvalue weighted by Crippen LogP contribution is 2.47. The first-order valence-electron chi connectivity index (χ1n) is 9.44. The fraction of sp³-hybridized carbons (Fsp3) is 0.174. The summed E-state index contributed by atoms with van der Waals surface area (Å²) in [5.74, 6) is 2.62. The molecule has 150 valence electrons. The fourth-order valence-corrected chi connectivity index (χ4v) is 4.12. The van der Waals surface area contributed by atoms with Crippen molar-refractivity contribution in [2.45, 2.75) is 6.04 Å². The minimum absolute atomic E-state index is 0.0994. The van der Waals surface area contributed by atoms with Crippen molar-refractivity contribution < 1.29 is 19.0 Å². The van der Waals surface area contributed by atoms with Crippen molar-refractivity contribution in [3.05, 3.63) is 77.0 Å². The van der Waals surface area contributed by atoms with Crippen LogP contribution >= 0.6 is 0 Å². The van der Waals surface area contributed by atoms with Gasteiger partial charge in [0.2, 0.25) is 5.75 Å². The largest absolute Gasteiger partial charge is 0.493 e. The zero-order valence-electron chi connectivity index (χ0n) is 16.7. The number of aliphatic imine (C=N–C) groups is 1. The number of aromatic nitrogens is 1. The molecule has 1 unspecified atom stereocenters. The average molecular weight is 401 g/mol. The minimum atomic E-state index is -0.435. The van der Waals surface area contributed by atoms with E-state index in [4.69, 9.17) is 19.2 Å². The monoisotopic (exact) mass is 401 g/mol. The lowest BCUT2D eigenvalue weighted by Crippen LogP contribution is -2.37. The molecule has 0 saturated carbocycles. The third-order valence-electron chi connectivity index (χ3n) is 5.43. The van der Waals surface area contributed by atoms with E-state index < -0.39 is 6.04 Å². The van der Waals surface area contributed by atoms with Crippen LogP contribution < -0.4 is 14.2 Å². The maximum Gasteiger partial charge on any atom is 0.261 e. The van der Waals surface area contributed by atoms with E-state index in [1.54, 1.807) is 32.4 Å². The summed E-state index contributed by atoms with van der Waals surface area (Å²) in [6, 6.07) is 14.6. The van der Waals surface area contributed by atoms with Gasteiger partial charge in [-0.05, 0) is 29.8 Å². The molecule has 0 bridgehead atoms. The second-order valence-corrected chi connectivity index (χ2v) is 6.93. The van der Waals surface area contributed by atoms with E-state index in [1.165, 1.54) is 0 Å². The minimum Gasteiger partial charge on any atom is -0.493 e. The number of amides is 1. The predicted octanol–water partition coefficient (Wildman–Crippen LogP) is 3.74. The molecule has 0 saturated heterocycles. The highest BCUT2D eigenvalue weighted by atomic mass is 16.5. The van der Waals surface area contributed by atoms with Gasteiger partial charge >= 0.3 is 0 Å². The molecule has 0 radical (unpaired) electrons. The molecule has 30 heavy (non-hydrogen) atoms. The molecule has 3 heterocycles. The van der Waals surface area contributed by atoms with Crippen molar-refractivity contribution in [1.82, 2.24) is 9.88 Å². The van der Waals surface area contributed by atoms with Gasteiger partial charge in [-0.3, -0.25) is 9.69 Å². The van der Waals surface area contributed by atoms with Gasteiger partial charge in [0.05, 0.1) is 32.9 Å². The first-order valence-corrected chi connectivity index (χ1v) is 9.44. The lowest BCUT2D eigenvalue weighted by atomic mass is 9.95. The Morgan fingerprint density at radius 1 is 0.900 bits per heavy atom. The predicted molar refractivity (Wildman–Crippen MR) is 111 cm³/mol. The molecule has 1 amide bonds. The van der Waals surface area contributed by atoms with Crippen molar-refractivity contribution in [1.29, 1.82) is 0 Å². The lowest BCUT2D eigenvalue weighted by Gasteiger charge is -2.33. The van der Waals surface area contributed by atoms with Gasteiger partial charge in [0.15, 0.2) is 17.3 Å². The van der Waals surface area contributed by atoms with Gasteiger partial charge < -0.3 is 14.2 Å². The molecule has 5 rings (SSSR count). The van der Waals surface area contributed by atoms with Crippen LogP contribution in [-0.4, -0.2) is 43.0 Å². The highest BCUT2D eigenvalue weighted by molar-refractivity contribution is 6.24. The molecule has 1 aromatic heterocycles. The number of methoxy groups -OCH3 is 3. The van der Waals surface area contributed by atoms with E-state index in [0.29, 0.717) is 34.5 Å². The number of nitrogens with zero attached hydrogens (tertiary/aromatic N) is 3. The number of hydrogen-bond donors (Lipinski definition) is 0. The molecule has 2 aliphatic rings. The van der Waals surface area contributed by atoms with Crippen LogP contribution in [0, 0.1) is 0 Å². The average Bonchev–Trinajstić information content (AvgIpc) is 3.08. The third-order valence-corrected chi connectivity index (χ3v) is 5.43. The number of ether oxygens (including phenoxy) is 3. The molecule has 2 aliphatic heterocycles. The Morgan fingerprint density at radius 3 is 2.27 bits per heavy atom. The maximum absolute atomic E-state index is 13.4. The number of rotatable bonds is 4. The van der Waals surface area contributed by atoms with Crippen LogP contribution in [0.4, 0.5) is 5.82 Å². The molecule has 7 heteroatoms. The van der Waals surface area contributed by atoms with Crippen LogP contribution in [0.3, 0.4) is 0 Å². The molecule has 0 spiro atoms. The van der Waals surface area contributed by atoms with Gasteiger partial charge in [-0.1, -0.05) is 24.3 Å². The topological polar surface area (TPSA) is 73.3 Å². The van der Waals surface area contributed by atoms with Crippen LogP contribution in [0.5, 0.6) is 17.2 Å². The van der Waals surface area contributed by atoms with Gasteiger partial charge in [-0.25, -0.2) is 9.98 Å². The second-order valence-electron chi connectivity index (χ2n) is 6.93. The molecule has 0 N–H and O–H groups in total. The number of amidine groups is 1. The van der Waals surface area contributed by atoms with Gasteiger partial charge in [-0.15, -0.1) is 0 Å². The molecule has 7 nitrogen and oxygen atoms in total. The smallest absolute Gasteiger partial charge is 0.261 e.